The number of phenolic OH excluding ortho intramolecular Hbond substituents is 1. The number of aromatic hydroxyl groups is 1. The van der Waals surface area contributed by atoms with Crippen LogP contribution in [0.1, 0.15) is 12.5 Å². The molecule has 2 aromatic rings. The molecule has 31 heavy (non-hydrogen) atoms. The van der Waals surface area contributed by atoms with E-state index in [1.165, 1.54) is 6.92 Å². The Balaban J connectivity index is 0.000000703. The second-order valence-corrected chi connectivity index (χ2v) is 6.40. The number of amides is 1. The molecule has 2 aromatic carbocycles. The summed E-state index contributed by atoms with van der Waals surface area (Å²) in [6, 6.07) is 14.1. The zero-order valence-corrected chi connectivity index (χ0v) is 16.9. The third-order valence-corrected chi connectivity index (χ3v) is 3.71. The quantitative estimate of drug-likeness (QED) is 0.250. The highest BCUT2D eigenvalue weighted by molar-refractivity contribution is 6.27. The lowest BCUT2D eigenvalue weighted by Crippen LogP contribution is -2.32. The van der Waals surface area contributed by atoms with Crippen molar-refractivity contribution in [2.24, 2.45) is 0 Å². The number of anilines is 1. The van der Waals surface area contributed by atoms with Gasteiger partial charge in [-0.1, -0.05) is 12.1 Å². The van der Waals surface area contributed by atoms with Gasteiger partial charge in [-0.15, -0.1) is 0 Å². The molecule has 168 valence electrons. The monoisotopic (exact) mass is 434 g/mol. The summed E-state index contributed by atoms with van der Waals surface area (Å²) in [4.78, 5) is 29.1. The summed E-state index contributed by atoms with van der Waals surface area (Å²) in [6.45, 7) is 2.80. The van der Waals surface area contributed by atoms with Crippen molar-refractivity contribution in [1.29, 1.82) is 0 Å². The Morgan fingerprint density at radius 2 is 1.55 bits per heavy atom. The SMILES string of the molecule is CC(=O)Nc1ccc(OCC(O)CNCCc2ccc(O)cc2)cc1.O=C(O)C(=O)O. The number of carbonyl (C=O) groups excluding carboxylic acids is 1. The first-order valence-electron chi connectivity index (χ1n) is 9.30. The Morgan fingerprint density at radius 1 is 0.968 bits per heavy atom. The zero-order chi connectivity index (χ0) is 23.2. The van der Waals surface area contributed by atoms with Crippen LogP contribution in [0.15, 0.2) is 48.5 Å². The van der Waals surface area contributed by atoms with Crippen molar-refractivity contribution in [1.82, 2.24) is 5.32 Å². The number of ether oxygens (including phenoxy) is 1. The van der Waals surface area contributed by atoms with Crippen LogP contribution in [0.4, 0.5) is 5.69 Å². The number of carboxylic acids is 2. The minimum absolute atomic E-state index is 0.123. The highest BCUT2D eigenvalue weighted by Crippen LogP contribution is 2.15. The van der Waals surface area contributed by atoms with Gasteiger partial charge in [0.25, 0.3) is 0 Å². The standard InChI is InChI=1S/C19H24N2O4.C2H2O4/c1-14(22)21-16-4-8-19(9-5-16)25-13-18(24)12-20-11-10-15-2-6-17(23)7-3-15;3-1(4)2(5)6/h2-9,18,20,23-24H,10-13H2,1H3,(H,21,22);(H,3,4)(H,5,6). The highest BCUT2D eigenvalue weighted by Gasteiger charge is 2.06. The number of aliphatic hydroxyl groups excluding tert-OH is 1. The molecule has 0 fully saturated rings. The maximum atomic E-state index is 11.0. The first-order valence-corrected chi connectivity index (χ1v) is 9.30. The first kappa shape index (κ1) is 25.4. The number of benzene rings is 2. The molecular weight excluding hydrogens is 408 g/mol. The molecule has 0 heterocycles. The van der Waals surface area contributed by atoms with Crippen LogP contribution in [-0.4, -0.2) is 64.1 Å². The number of nitrogens with one attached hydrogen (secondary N) is 2. The van der Waals surface area contributed by atoms with Gasteiger partial charge in [-0.2, -0.15) is 0 Å². The van der Waals surface area contributed by atoms with Crippen molar-refractivity contribution < 1.29 is 39.5 Å². The van der Waals surface area contributed by atoms with Crippen molar-refractivity contribution in [2.45, 2.75) is 19.4 Å². The van der Waals surface area contributed by atoms with E-state index in [9.17, 15) is 15.0 Å². The number of aliphatic hydroxyl groups is 1. The number of aliphatic carboxylic acids is 2. The number of carboxylic acid groups (broad SMARTS) is 2. The number of hydrogen-bond donors (Lipinski definition) is 6. The Bertz CT molecular complexity index is 825. The van der Waals surface area contributed by atoms with Gasteiger partial charge in [0.2, 0.25) is 5.91 Å². The summed E-state index contributed by atoms with van der Waals surface area (Å²) in [6.07, 6.45) is 0.202. The van der Waals surface area contributed by atoms with Crippen molar-refractivity contribution in [2.75, 3.05) is 25.0 Å². The van der Waals surface area contributed by atoms with Crippen LogP contribution < -0.4 is 15.4 Å². The lowest BCUT2D eigenvalue weighted by molar-refractivity contribution is -0.159. The molecule has 0 saturated heterocycles. The van der Waals surface area contributed by atoms with Crippen LogP contribution in [0.25, 0.3) is 0 Å². The van der Waals surface area contributed by atoms with Crippen LogP contribution >= 0.6 is 0 Å². The maximum Gasteiger partial charge on any atom is 0.414 e. The minimum Gasteiger partial charge on any atom is -0.508 e. The molecule has 10 nitrogen and oxygen atoms in total. The molecule has 1 unspecified atom stereocenters. The second-order valence-electron chi connectivity index (χ2n) is 6.40. The van der Waals surface area contributed by atoms with E-state index in [1.807, 2.05) is 12.1 Å². The van der Waals surface area contributed by atoms with Crippen molar-refractivity contribution >= 4 is 23.5 Å². The van der Waals surface area contributed by atoms with Gasteiger partial charge in [0.15, 0.2) is 0 Å². The number of hydrogen-bond acceptors (Lipinski definition) is 7. The number of rotatable bonds is 9. The molecule has 0 aromatic heterocycles. The van der Waals surface area contributed by atoms with Crippen LogP contribution in [-0.2, 0) is 20.8 Å². The molecule has 0 saturated carbocycles. The predicted molar refractivity (Wildman–Crippen MR) is 112 cm³/mol. The average Bonchev–Trinajstić information content (AvgIpc) is 2.72. The molecule has 0 radical (unpaired) electrons. The van der Waals surface area contributed by atoms with E-state index in [1.54, 1.807) is 36.4 Å². The van der Waals surface area contributed by atoms with Crippen molar-refractivity contribution in [3.63, 3.8) is 0 Å². The van der Waals surface area contributed by atoms with E-state index in [2.05, 4.69) is 10.6 Å². The summed E-state index contributed by atoms with van der Waals surface area (Å²) in [5.74, 6) is -2.88. The molecule has 0 aliphatic rings. The molecule has 0 aliphatic heterocycles. The van der Waals surface area contributed by atoms with Crippen LogP contribution in [0.5, 0.6) is 11.5 Å². The molecule has 0 aliphatic carbocycles. The van der Waals surface area contributed by atoms with Crippen molar-refractivity contribution in [3.05, 3.63) is 54.1 Å². The zero-order valence-electron chi connectivity index (χ0n) is 16.9. The van der Waals surface area contributed by atoms with E-state index in [4.69, 9.17) is 24.5 Å². The van der Waals surface area contributed by atoms with Gasteiger partial charge in [0.05, 0.1) is 0 Å². The molecule has 6 N–H and O–H groups in total. The molecule has 2 rings (SSSR count). The third kappa shape index (κ3) is 11.8. The molecule has 1 atom stereocenters. The van der Waals surface area contributed by atoms with E-state index < -0.39 is 18.0 Å². The van der Waals surface area contributed by atoms with Crippen molar-refractivity contribution in [3.8, 4) is 11.5 Å². The average molecular weight is 434 g/mol. The van der Waals surface area contributed by atoms with E-state index in [-0.39, 0.29) is 18.3 Å². The van der Waals surface area contributed by atoms with Gasteiger partial charge in [-0.25, -0.2) is 9.59 Å². The lowest BCUT2D eigenvalue weighted by atomic mass is 10.1. The fraction of sp³-hybridized carbons (Fsp3) is 0.286. The van der Waals surface area contributed by atoms with Crippen LogP contribution in [0.2, 0.25) is 0 Å². The predicted octanol–water partition coefficient (Wildman–Crippen LogP) is 1.08. The molecule has 10 heteroatoms. The van der Waals surface area contributed by atoms with Crippen LogP contribution in [0, 0.1) is 0 Å². The van der Waals surface area contributed by atoms with Gasteiger partial charge in [0, 0.05) is 19.2 Å². The molecule has 0 bridgehead atoms. The summed E-state index contributed by atoms with van der Waals surface area (Å²) < 4.78 is 5.53. The van der Waals surface area contributed by atoms with E-state index in [0.717, 1.165) is 18.5 Å². The number of carbonyl (C=O) groups is 3. The maximum absolute atomic E-state index is 11.0. The second kappa shape index (κ2) is 13.6. The van der Waals surface area contributed by atoms with E-state index >= 15 is 0 Å². The summed E-state index contributed by atoms with van der Waals surface area (Å²) >= 11 is 0. The van der Waals surface area contributed by atoms with Gasteiger partial charge in [-0.05, 0) is 54.9 Å². The highest BCUT2D eigenvalue weighted by atomic mass is 16.5. The molecular formula is C21H26N2O8. The van der Waals surface area contributed by atoms with Crippen LogP contribution in [0.3, 0.4) is 0 Å². The molecule has 0 spiro atoms. The van der Waals surface area contributed by atoms with E-state index in [0.29, 0.717) is 18.0 Å². The normalized spacial score (nSPS) is 10.9. The fourth-order valence-corrected chi connectivity index (χ4v) is 2.25. The summed E-state index contributed by atoms with van der Waals surface area (Å²) in [7, 11) is 0. The Hall–Kier alpha value is -3.63. The Labute approximate surface area is 179 Å². The van der Waals surface area contributed by atoms with Gasteiger partial charge in [-0.3, -0.25) is 4.79 Å². The summed E-state index contributed by atoms with van der Waals surface area (Å²) in [5.41, 5.74) is 1.83. The lowest BCUT2D eigenvalue weighted by Gasteiger charge is -2.13. The fourth-order valence-electron chi connectivity index (χ4n) is 2.25. The van der Waals surface area contributed by atoms with Gasteiger partial charge >= 0.3 is 11.9 Å². The largest absolute Gasteiger partial charge is 0.508 e. The number of phenols is 1. The topological polar surface area (TPSA) is 165 Å². The Kier molecular flexibility index (Phi) is 11.1. The smallest absolute Gasteiger partial charge is 0.414 e. The first-order chi connectivity index (χ1) is 14.7. The Morgan fingerprint density at radius 3 is 2.06 bits per heavy atom. The molecule has 1 amide bonds. The third-order valence-electron chi connectivity index (χ3n) is 3.71. The summed E-state index contributed by atoms with van der Waals surface area (Å²) in [5, 5.41) is 39.8. The van der Waals surface area contributed by atoms with Gasteiger partial charge < -0.3 is 35.8 Å². The minimum atomic E-state index is -1.82. The van der Waals surface area contributed by atoms with Gasteiger partial charge in [0.1, 0.15) is 24.2 Å².